The molecule has 0 aliphatic rings. The monoisotopic (exact) mass is 226 g/mol. The van der Waals surface area contributed by atoms with E-state index in [1.54, 1.807) is 0 Å². The van der Waals surface area contributed by atoms with Crippen molar-refractivity contribution in [1.82, 2.24) is 0 Å². The molecule has 0 saturated carbocycles. The highest BCUT2D eigenvalue weighted by molar-refractivity contribution is 5.87. The first-order valence-electron chi connectivity index (χ1n) is 6.55. The maximum Gasteiger partial charge on any atom is 0.331 e. The van der Waals surface area contributed by atoms with E-state index in [4.69, 9.17) is 5.11 Å². The normalized spacial score (nSPS) is 12.4. The summed E-state index contributed by atoms with van der Waals surface area (Å²) in [5, 5.41) is 9.14. The van der Waals surface area contributed by atoms with Crippen molar-refractivity contribution < 1.29 is 9.90 Å². The quantitative estimate of drug-likeness (QED) is 0.462. The Morgan fingerprint density at radius 3 is 1.88 bits per heavy atom. The number of carbonyl (C=O) groups is 1. The highest BCUT2D eigenvalue weighted by Gasteiger charge is 2.10. The third kappa shape index (κ3) is 6.65. The highest BCUT2D eigenvalue weighted by atomic mass is 16.4. The van der Waals surface area contributed by atoms with Crippen molar-refractivity contribution in [2.45, 2.75) is 72.1 Å². The molecule has 0 saturated heterocycles. The van der Waals surface area contributed by atoms with Gasteiger partial charge in [0, 0.05) is 5.57 Å². The van der Waals surface area contributed by atoms with E-state index in [1.165, 1.54) is 12.8 Å². The smallest absolute Gasteiger partial charge is 0.331 e. The number of allylic oxidation sites excluding steroid dienone is 1. The van der Waals surface area contributed by atoms with Crippen LogP contribution in [0.1, 0.15) is 72.1 Å². The molecule has 94 valence electrons. The topological polar surface area (TPSA) is 37.3 Å². The first-order valence-corrected chi connectivity index (χ1v) is 6.55. The highest BCUT2D eigenvalue weighted by Crippen LogP contribution is 2.18. The van der Waals surface area contributed by atoms with Gasteiger partial charge in [-0.25, -0.2) is 4.79 Å². The van der Waals surface area contributed by atoms with Gasteiger partial charge in [0.1, 0.15) is 0 Å². The third-order valence-corrected chi connectivity index (χ3v) is 2.96. The van der Waals surface area contributed by atoms with Crippen molar-refractivity contribution in [3.8, 4) is 0 Å². The predicted octanol–water partition coefficient (Wildman–Crippen LogP) is 4.55. The van der Waals surface area contributed by atoms with Crippen LogP contribution < -0.4 is 0 Å². The van der Waals surface area contributed by atoms with E-state index >= 15 is 0 Å². The zero-order valence-electron chi connectivity index (χ0n) is 11.0. The van der Waals surface area contributed by atoms with Crippen molar-refractivity contribution in [1.29, 1.82) is 0 Å². The van der Waals surface area contributed by atoms with Gasteiger partial charge in [0.05, 0.1) is 0 Å². The molecule has 0 atom stereocenters. The molecule has 0 radical (unpaired) electrons. The summed E-state index contributed by atoms with van der Waals surface area (Å²) in [7, 11) is 0. The first kappa shape index (κ1) is 15.2. The van der Waals surface area contributed by atoms with Gasteiger partial charge < -0.3 is 5.11 Å². The number of hydrogen-bond donors (Lipinski definition) is 1. The number of aliphatic carboxylic acids is 1. The van der Waals surface area contributed by atoms with Gasteiger partial charge >= 0.3 is 5.97 Å². The maximum atomic E-state index is 11.1. The van der Waals surface area contributed by atoms with E-state index in [0.29, 0.717) is 5.57 Å². The first-order chi connectivity index (χ1) is 7.63. The lowest BCUT2D eigenvalue weighted by Gasteiger charge is -2.08. The van der Waals surface area contributed by atoms with E-state index in [2.05, 4.69) is 13.8 Å². The summed E-state index contributed by atoms with van der Waals surface area (Å²) < 4.78 is 0. The van der Waals surface area contributed by atoms with Gasteiger partial charge in [-0.05, 0) is 32.6 Å². The Balaban J connectivity index is 4.23. The summed E-state index contributed by atoms with van der Waals surface area (Å²) >= 11 is 0. The van der Waals surface area contributed by atoms with Crippen molar-refractivity contribution in [3.05, 3.63) is 11.1 Å². The van der Waals surface area contributed by atoms with Gasteiger partial charge in [0.2, 0.25) is 0 Å². The van der Waals surface area contributed by atoms with Gasteiger partial charge in [-0.15, -0.1) is 0 Å². The number of unbranched alkanes of at least 4 members (excludes halogenated alkanes) is 4. The molecule has 0 aromatic carbocycles. The van der Waals surface area contributed by atoms with E-state index in [1.807, 2.05) is 6.92 Å². The van der Waals surface area contributed by atoms with Crippen molar-refractivity contribution >= 4 is 5.97 Å². The molecule has 0 aromatic heterocycles. The summed E-state index contributed by atoms with van der Waals surface area (Å²) in [5.74, 6) is -0.717. The summed E-state index contributed by atoms with van der Waals surface area (Å²) in [5.41, 5.74) is 1.74. The van der Waals surface area contributed by atoms with Gasteiger partial charge in [-0.3, -0.25) is 0 Å². The summed E-state index contributed by atoms with van der Waals surface area (Å²) in [6.07, 6.45) is 8.45. The molecule has 0 spiro atoms. The van der Waals surface area contributed by atoms with Gasteiger partial charge in [-0.2, -0.15) is 0 Å². The molecule has 2 heteroatoms. The van der Waals surface area contributed by atoms with E-state index in [9.17, 15) is 4.79 Å². The van der Waals surface area contributed by atoms with Crippen molar-refractivity contribution in [2.24, 2.45) is 0 Å². The molecule has 0 amide bonds. The second kappa shape index (κ2) is 9.44. The molecule has 2 nitrogen and oxygen atoms in total. The zero-order valence-corrected chi connectivity index (χ0v) is 11.0. The molecular formula is C14H26O2. The molecule has 0 fully saturated rings. The average molecular weight is 226 g/mol. The van der Waals surface area contributed by atoms with Gasteiger partial charge in [0.15, 0.2) is 0 Å². The minimum atomic E-state index is -0.717. The van der Waals surface area contributed by atoms with E-state index in [-0.39, 0.29) is 0 Å². The molecule has 0 unspecified atom stereocenters. The summed E-state index contributed by atoms with van der Waals surface area (Å²) in [6, 6.07) is 0. The number of carboxylic acid groups (broad SMARTS) is 1. The average Bonchev–Trinajstić information content (AvgIpc) is 2.24. The molecule has 0 aliphatic heterocycles. The lowest BCUT2D eigenvalue weighted by Crippen LogP contribution is -2.04. The Morgan fingerprint density at radius 1 is 0.938 bits per heavy atom. The van der Waals surface area contributed by atoms with Crippen LogP contribution in [-0.2, 0) is 4.79 Å². The SMILES string of the molecule is CCCCC/C(C)=C(/CCCCC)C(=O)O. The third-order valence-electron chi connectivity index (χ3n) is 2.96. The number of hydrogen-bond acceptors (Lipinski definition) is 1. The fourth-order valence-corrected chi connectivity index (χ4v) is 1.85. The van der Waals surface area contributed by atoms with Gasteiger partial charge in [-0.1, -0.05) is 45.1 Å². The second-order valence-electron chi connectivity index (χ2n) is 4.48. The molecule has 0 aliphatic carbocycles. The Morgan fingerprint density at radius 2 is 1.44 bits per heavy atom. The van der Waals surface area contributed by atoms with Gasteiger partial charge in [0.25, 0.3) is 0 Å². The van der Waals surface area contributed by atoms with Crippen LogP contribution in [0.4, 0.5) is 0 Å². The number of rotatable bonds is 9. The molecule has 1 N–H and O–H groups in total. The van der Waals surface area contributed by atoms with Crippen LogP contribution in [0.25, 0.3) is 0 Å². The molecule has 0 rings (SSSR count). The minimum absolute atomic E-state index is 0.657. The lowest BCUT2D eigenvalue weighted by atomic mass is 9.98. The van der Waals surface area contributed by atoms with Crippen LogP contribution in [0.15, 0.2) is 11.1 Å². The van der Waals surface area contributed by atoms with E-state index < -0.39 is 5.97 Å². The molecule has 0 heterocycles. The standard InChI is InChI=1S/C14H26O2/c1-4-6-8-10-12(3)13(14(15)16)11-9-7-5-2/h4-11H2,1-3H3,(H,15,16)/b13-12-. The summed E-state index contributed by atoms with van der Waals surface area (Å²) in [4.78, 5) is 11.1. The van der Waals surface area contributed by atoms with Crippen LogP contribution in [0.2, 0.25) is 0 Å². The largest absolute Gasteiger partial charge is 0.478 e. The van der Waals surface area contributed by atoms with Crippen molar-refractivity contribution in [3.63, 3.8) is 0 Å². The Hall–Kier alpha value is -0.790. The van der Waals surface area contributed by atoms with Crippen LogP contribution in [0, 0.1) is 0 Å². The van der Waals surface area contributed by atoms with Crippen molar-refractivity contribution in [2.75, 3.05) is 0 Å². The Bertz CT molecular complexity index is 229. The van der Waals surface area contributed by atoms with Crippen LogP contribution in [-0.4, -0.2) is 11.1 Å². The Labute approximate surface area is 99.7 Å². The molecular weight excluding hydrogens is 200 g/mol. The fraction of sp³-hybridized carbons (Fsp3) is 0.786. The van der Waals surface area contributed by atoms with Crippen LogP contribution >= 0.6 is 0 Å². The lowest BCUT2D eigenvalue weighted by molar-refractivity contribution is -0.132. The fourth-order valence-electron chi connectivity index (χ4n) is 1.85. The minimum Gasteiger partial charge on any atom is -0.478 e. The predicted molar refractivity (Wildman–Crippen MR) is 68.6 cm³/mol. The van der Waals surface area contributed by atoms with Crippen LogP contribution in [0.5, 0.6) is 0 Å². The molecule has 16 heavy (non-hydrogen) atoms. The zero-order chi connectivity index (χ0) is 12.4. The molecule has 0 bridgehead atoms. The maximum absolute atomic E-state index is 11.1. The van der Waals surface area contributed by atoms with Crippen LogP contribution in [0.3, 0.4) is 0 Å². The Kier molecular flexibility index (Phi) is 8.97. The molecule has 0 aromatic rings. The number of carboxylic acids is 1. The second-order valence-corrected chi connectivity index (χ2v) is 4.48. The van der Waals surface area contributed by atoms with E-state index in [0.717, 1.165) is 44.1 Å². The summed E-state index contributed by atoms with van der Waals surface area (Å²) in [6.45, 7) is 6.28.